The zero-order chi connectivity index (χ0) is 7.84. The van der Waals surface area contributed by atoms with Gasteiger partial charge in [0.05, 0.1) is 0 Å². The molecule has 2 aromatic heterocycles. The fraction of sp³-hybridized carbons (Fsp3) is 0.125. The minimum atomic E-state index is 0.100. The normalized spacial score (nSPS) is 10.6. The van der Waals surface area contributed by atoms with Gasteiger partial charge in [-0.1, -0.05) is 6.07 Å². The van der Waals surface area contributed by atoms with Crippen molar-refractivity contribution in [3.8, 4) is 5.88 Å². The third-order valence-corrected chi connectivity index (χ3v) is 1.71. The number of aromatic hydroxyl groups is 1. The Kier molecular flexibility index (Phi) is 1.12. The maximum absolute atomic E-state index is 9.26. The fourth-order valence-corrected chi connectivity index (χ4v) is 1.17. The van der Waals surface area contributed by atoms with Crippen LogP contribution < -0.4 is 0 Å². The number of aryl methyl sites for hydroxylation is 1. The molecule has 2 heterocycles. The monoisotopic (exact) mass is 148 g/mol. The van der Waals surface area contributed by atoms with Gasteiger partial charge in [0, 0.05) is 6.20 Å². The van der Waals surface area contributed by atoms with E-state index >= 15 is 0 Å². The number of imidazole rings is 1. The Bertz CT molecular complexity index is 356. The molecule has 11 heavy (non-hydrogen) atoms. The molecule has 0 unspecified atom stereocenters. The lowest BCUT2D eigenvalue weighted by atomic mass is 10.4. The van der Waals surface area contributed by atoms with E-state index in [1.54, 1.807) is 0 Å². The number of pyridine rings is 1. The molecule has 1 N–H and O–H groups in total. The number of nitrogens with zero attached hydrogens (tertiary/aromatic N) is 2. The Hall–Kier alpha value is -1.51. The van der Waals surface area contributed by atoms with Gasteiger partial charge in [0.25, 0.3) is 0 Å². The highest BCUT2D eigenvalue weighted by Gasteiger charge is 2.03. The lowest BCUT2D eigenvalue weighted by Gasteiger charge is -1.91. The van der Waals surface area contributed by atoms with E-state index in [0.717, 1.165) is 11.3 Å². The average Bonchev–Trinajstić information content (AvgIpc) is 2.30. The maximum Gasteiger partial charge on any atom is 0.237 e. The van der Waals surface area contributed by atoms with Crippen molar-refractivity contribution >= 4 is 5.52 Å². The molecule has 3 nitrogen and oxygen atoms in total. The summed E-state index contributed by atoms with van der Waals surface area (Å²) < 4.78 is 1.84. The third-order valence-electron chi connectivity index (χ3n) is 1.71. The van der Waals surface area contributed by atoms with E-state index in [4.69, 9.17) is 0 Å². The van der Waals surface area contributed by atoms with Crippen LogP contribution in [0.15, 0.2) is 24.4 Å². The molecular formula is C8H8N2O. The molecule has 0 aliphatic rings. The van der Waals surface area contributed by atoms with E-state index in [-0.39, 0.29) is 5.88 Å². The first-order valence-electron chi connectivity index (χ1n) is 3.41. The van der Waals surface area contributed by atoms with Gasteiger partial charge in [-0.15, -0.1) is 0 Å². The van der Waals surface area contributed by atoms with Crippen LogP contribution in [-0.2, 0) is 0 Å². The zero-order valence-corrected chi connectivity index (χ0v) is 6.15. The van der Waals surface area contributed by atoms with Gasteiger partial charge in [-0.25, -0.2) is 0 Å². The summed E-state index contributed by atoms with van der Waals surface area (Å²) in [5, 5.41) is 9.26. The van der Waals surface area contributed by atoms with Gasteiger partial charge in [-0.05, 0) is 19.1 Å². The van der Waals surface area contributed by atoms with E-state index in [1.165, 1.54) is 0 Å². The number of fused-ring (bicyclic) bond motifs is 1. The van der Waals surface area contributed by atoms with Crippen LogP contribution in [0.4, 0.5) is 0 Å². The molecule has 0 aromatic carbocycles. The Morgan fingerprint density at radius 2 is 2.27 bits per heavy atom. The van der Waals surface area contributed by atoms with Crippen molar-refractivity contribution < 1.29 is 5.11 Å². The van der Waals surface area contributed by atoms with Crippen molar-refractivity contribution in [3.63, 3.8) is 0 Å². The van der Waals surface area contributed by atoms with E-state index < -0.39 is 0 Å². The summed E-state index contributed by atoms with van der Waals surface area (Å²) in [5.41, 5.74) is 0.755. The molecule has 2 rings (SSSR count). The van der Waals surface area contributed by atoms with Crippen molar-refractivity contribution in [2.75, 3.05) is 0 Å². The standard InChI is InChI=1S/C8H8N2O/c1-6-9-8(11)7-4-2-3-5-10(6)7/h2-5,11H,1H3. The summed E-state index contributed by atoms with van der Waals surface area (Å²) in [6.07, 6.45) is 1.87. The van der Waals surface area contributed by atoms with E-state index in [0.29, 0.717) is 0 Å². The molecule has 0 amide bonds. The summed E-state index contributed by atoms with van der Waals surface area (Å²) in [7, 11) is 0. The number of aromatic nitrogens is 2. The molecule has 56 valence electrons. The number of rotatable bonds is 0. The minimum Gasteiger partial charge on any atom is -0.492 e. The van der Waals surface area contributed by atoms with Crippen LogP contribution in [0.2, 0.25) is 0 Å². The molecule has 0 bridgehead atoms. The molecule has 3 heteroatoms. The Morgan fingerprint density at radius 1 is 1.45 bits per heavy atom. The predicted octanol–water partition coefficient (Wildman–Crippen LogP) is 1.35. The summed E-state index contributed by atoms with van der Waals surface area (Å²) in [4.78, 5) is 3.91. The van der Waals surface area contributed by atoms with Gasteiger partial charge in [0.15, 0.2) is 0 Å². The molecular weight excluding hydrogens is 140 g/mol. The summed E-state index contributed by atoms with van der Waals surface area (Å²) in [6.45, 7) is 1.85. The average molecular weight is 148 g/mol. The van der Waals surface area contributed by atoms with Gasteiger partial charge in [-0.2, -0.15) is 4.98 Å². The van der Waals surface area contributed by atoms with Gasteiger partial charge < -0.3 is 9.51 Å². The van der Waals surface area contributed by atoms with Crippen LogP contribution in [0.5, 0.6) is 5.88 Å². The van der Waals surface area contributed by atoms with E-state index in [9.17, 15) is 5.11 Å². The van der Waals surface area contributed by atoms with Gasteiger partial charge >= 0.3 is 0 Å². The summed E-state index contributed by atoms with van der Waals surface area (Å²) in [5.74, 6) is 0.904. The van der Waals surface area contributed by atoms with Crippen molar-refractivity contribution in [1.29, 1.82) is 0 Å². The lowest BCUT2D eigenvalue weighted by molar-refractivity contribution is 0.461. The van der Waals surface area contributed by atoms with Gasteiger partial charge in [0.1, 0.15) is 11.3 Å². The molecule has 0 spiro atoms. The van der Waals surface area contributed by atoms with Crippen molar-refractivity contribution in [2.24, 2.45) is 0 Å². The maximum atomic E-state index is 9.26. The quantitative estimate of drug-likeness (QED) is 0.612. The van der Waals surface area contributed by atoms with Crippen LogP contribution in [-0.4, -0.2) is 14.5 Å². The Labute approximate surface area is 63.9 Å². The van der Waals surface area contributed by atoms with Crippen LogP contribution in [0.1, 0.15) is 5.82 Å². The van der Waals surface area contributed by atoms with Crippen LogP contribution >= 0.6 is 0 Å². The molecule has 2 aromatic rings. The second kappa shape index (κ2) is 1.99. The van der Waals surface area contributed by atoms with E-state index in [2.05, 4.69) is 4.98 Å². The van der Waals surface area contributed by atoms with Gasteiger partial charge in [0.2, 0.25) is 5.88 Å². The van der Waals surface area contributed by atoms with Crippen molar-refractivity contribution in [2.45, 2.75) is 6.92 Å². The first-order valence-corrected chi connectivity index (χ1v) is 3.41. The smallest absolute Gasteiger partial charge is 0.237 e. The fourth-order valence-electron chi connectivity index (χ4n) is 1.17. The molecule has 0 fully saturated rings. The highest BCUT2D eigenvalue weighted by Crippen LogP contribution is 2.17. The topological polar surface area (TPSA) is 37.5 Å². The second-order valence-electron chi connectivity index (χ2n) is 2.44. The largest absolute Gasteiger partial charge is 0.492 e. The molecule has 0 aliphatic carbocycles. The number of hydrogen-bond donors (Lipinski definition) is 1. The first kappa shape index (κ1) is 6.22. The van der Waals surface area contributed by atoms with Crippen LogP contribution in [0, 0.1) is 6.92 Å². The second-order valence-corrected chi connectivity index (χ2v) is 2.44. The Morgan fingerprint density at radius 3 is 3.00 bits per heavy atom. The zero-order valence-electron chi connectivity index (χ0n) is 6.15. The first-order chi connectivity index (χ1) is 5.29. The SMILES string of the molecule is Cc1nc(O)c2ccccn12. The lowest BCUT2D eigenvalue weighted by Crippen LogP contribution is -1.84. The predicted molar refractivity (Wildman–Crippen MR) is 41.6 cm³/mol. The summed E-state index contributed by atoms with van der Waals surface area (Å²) in [6, 6.07) is 5.60. The van der Waals surface area contributed by atoms with Crippen LogP contribution in [0.3, 0.4) is 0 Å². The van der Waals surface area contributed by atoms with E-state index in [1.807, 2.05) is 35.7 Å². The molecule has 0 radical (unpaired) electrons. The number of hydrogen-bond acceptors (Lipinski definition) is 2. The highest BCUT2D eigenvalue weighted by molar-refractivity contribution is 5.56. The third kappa shape index (κ3) is 0.774. The molecule has 0 saturated heterocycles. The highest BCUT2D eigenvalue weighted by atomic mass is 16.3. The van der Waals surface area contributed by atoms with Gasteiger partial charge in [-0.3, -0.25) is 0 Å². The van der Waals surface area contributed by atoms with Crippen molar-refractivity contribution in [3.05, 3.63) is 30.2 Å². The molecule has 0 aliphatic heterocycles. The summed E-state index contributed by atoms with van der Waals surface area (Å²) >= 11 is 0. The Balaban J connectivity index is 2.95. The van der Waals surface area contributed by atoms with Crippen molar-refractivity contribution in [1.82, 2.24) is 9.38 Å². The van der Waals surface area contributed by atoms with Crippen LogP contribution in [0.25, 0.3) is 5.52 Å². The molecule has 0 saturated carbocycles. The minimum absolute atomic E-state index is 0.100. The molecule has 0 atom stereocenters.